The number of hydrogen-bond donors (Lipinski definition) is 1. The Labute approximate surface area is 243 Å². The second kappa shape index (κ2) is 11.2. The summed E-state index contributed by atoms with van der Waals surface area (Å²) in [6.07, 6.45) is 1.48. The molecule has 208 valence electrons. The molecule has 0 aliphatic rings. The zero-order valence-corrected chi connectivity index (χ0v) is 22.9. The Bertz CT molecular complexity index is 2010. The molecule has 0 saturated heterocycles. The van der Waals surface area contributed by atoms with Crippen LogP contribution in [0.4, 0.5) is 0 Å². The molecule has 0 aliphatic heterocycles. The molecule has 0 fully saturated rings. The Hall–Kier alpha value is -5.41. The molecule has 0 atom stereocenters. The first-order valence-electron chi connectivity index (χ1n) is 12.8. The molecule has 0 spiro atoms. The SMILES string of the molecule is COc1cc(C=Nn2c(-c3cc4ccccc4o3)nc3ccccc3c2=O)cc(Cl)c1OCc1ccc(C(=O)O)cc1. The van der Waals surface area contributed by atoms with E-state index in [1.807, 2.05) is 36.4 Å². The maximum Gasteiger partial charge on any atom is 0.335 e. The lowest BCUT2D eigenvalue weighted by Gasteiger charge is -2.13. The van der Waals surface area contributed by atoms with Crippen molar-refractivity contribution in [2.75, 3.05) is 7.11 Å². The normalized spacial score (nSPS) is 11.4. The second-order valence-electron chi connectivity index (χ2n) is 9.29. The van der Waals surface area contributed by atoms with Crippen LogP contribution in [0.2, 0.25) is 5.02 Å². The molecule has 9 nitrogen and oxygen atoms in total. The highest BCUT2D eigenvalue weighted by Crippen LogP contribution is 2.37. The standard InChI is InChI=1S/C32H22ClN3O6/c1-40-27-15-20(14-24(33)29(27)41-18-19-10-12-21(13-11-19)32(38)39)17-34-36-30(28-16-22-6-2-5-9-26(22)42-28)35-25-8-4-3-7-23(25)31(36)37/h2-17H,18H2,1H3,(H,38,39). The van der Waals surface area contributed by atoms with E-state index in [9.17, 15) is 9.59 Å². The summed E-state index contributed by atoms with van der Waals surface area (Å²) in [6, 6.07) is 26.0. The number of carboxylic acid groups (broad SMARTS) is 1. The minimum absolute atomic E-state index is 0.141. The molecule has 6 aromatic rings. The van der Waals surface area contributed by atoms with Gasteiger partial charge in [-0.1, -0.05) is 54.1 Å². The Kier molecular flexibility index (Phi) is 7.16. The van der Waals surface area contributed by atoms with Crippen molar-refractivity contribution in [2.45, 2.75) is 6.61 Å². The van der Waals surface area contributed by atoms with E-state index in [0.29, 0.717) is 39.3 Å². The molecule has 0 radical (unpaired) electrons. The van der Waals surface area contributed by atoms with Crippen LogP contribution in [0.3, 0.4) is 0 Å². The van der Waals surface area contributed by atoms with Gasteiger partial charge in [-0.05, 0) is 59.7 Å². The lowest BCUT2D eigenvalue weighted by atomic mass is 10.1. The maximum absolute atomic E-state index is 13.5. The third-order valence-corrected chi connectivity index (χ3v) is 6.84. The van der Waals surface area contributed by atoms with Crippen LogP contribution in [-0.4, -0.2) is 34.1 Å². The summed E-state index contributed by atoms with van der Waals surface area (Å²) in [7, 11) is 1.48. The van der Waals surface area contributed by atoms with Crippen LogP contribution < -0.4 is 15.0 Å². The van der Waals surface area contributed by atoms with Crippen LogP contribution in [0.25, 0.3) is 33.5 Å². The van der Waals surface area contributed by atoms with E-state index in [-0.39, 0.29) is 28.6 Å². The lowest BCUT2D eigenvalue weighted by Crippen LogP contribution is -2.20. The minimum atomic E-state index is -1.00. The van der Waals surface area contributed by atoms with Gasteiger partial charge in [-0.3, -0.25) is 4.79 Å². The number of ether oxygens (including phenoxy) is 2. The highest BCUT2D eigenvalue weighted by Gasteiger charge is 2.17. The third-order valence-electron chi connectivity index (χ3n) is 6.56. The Morgan fingerprint density at radius 3 is 2.57 bits per heavy atom. The summed E-state index contributed by atoms with van der Waals surface area (Å²) in [6.45, 7) is 0.141. The second-order valence-corrected chi connectivity index (χ2v) is 9.69. The number of halogens is 1. The summed E-state index contributed by atoms with van der Waals surface area (Å²) in [4.78, 5) is 29.3. The van der Waals surface area contributed by atoms with Crippen LogP contribution in [0, 0.1) is 0 Å². The number of aromatic nitrogens is 2. The molecule has 2 heterocycles. The molecule has 6 rings (SSSR count). The fourth-order valence-electron chi connectivity index (χ4n) is 4.46. The summed E-state index contributed by atoms with van der Waals surface area (Å²) in [5.74, 6) is 0.305. The number of benzene rings is 4. The highest BCUT2D eigenvalue weighted by molar-refractivity contribution is 6.32. The Balaban J connectivity index is 1.35. The van der Waals surface area contributed by atoms with E-state index in [1.54, 1.807) is 42.5 Å². The number of hydrogen-bond acceptors (Lipinski definition) is 7. The first-order valence-corrected chi connectivity index (χ1v) is 13.2. The highest BCUT2D eigenvalue weighted by atomic mass is 35.5. The van der Waals surface area contributed by atoms with Gasteiger partial charge in [0.25, 0.3) is 5.56 Å². The number of rotatable bonds is 8. The van der Waals surface area contributed by atoms with Crippen LogP contribution in [0.5, 0.6) is 11.5 Å². The number of aromatic carboxylic acids is 1. The van der Waals surface area contributed by atoms with Crippen molar-refractivity contribution in [1.82, 2.24) is 9.66 Å². The topological polar surface area (TPSA) is 116 Å². The molecule has 10 heteroatoms. The zero-order chi connectivity index (χ0) is 29.2. The van der Waals surface area contributed by atoms with E-state index in [0.717, 1.165) is 10.9 Å². The van der Waals surface area contributed by atoms with Crippen molar-refractivity contribution in [3.63, 3.8) is 0 Å². The number of carbonyl (C=O) groups is 1. The minimum Gasteiger partial charge on any atom is -0.493 e. The molecule has 0 unspecified atom stereocenters. The van der Waals surface area contributed by atoms with Gasteiger partial charge in [0.2, 0.25) is 5.82 Å². The van der Waals surface area contributed by atoms with E-state index in [4.69, 9.17) is 35.6 Å². The number of nitrogens with zero attached hydrogens (tertiary/aromatic N) is 3. The fourth-order valence-corrected chi connectivity index (χ4v) is 4.73. The van der Waals surface area contributed by atoms with Gasteiger partial charge < -0.3 is 19.0 Å². The number of carboxylic acids is 1. The molecule has 4 aromatic carbocycles. The van der Waals surface area contributed by atoms with E-state index in [2.05, 4.69) is 5.10 Å². The maximum atomic E-state index is 13.5. The van der Waals surface area contributed by atoms with Gasteiger partial charge in [-0.25, -0.2) is 9.78 Å². The van der Waals surface area contributed by atoms with Gasteiger partial charge in [0.15, 0.2) is 17.3 Å². The fraction of sp³-hybridized carbons (Fsp3) is 0.0625. The van der Waals surface area contributed by atoms with Crippen LogP contribution in [-0.2, 0) is 6.61 Å². The molecule has 2 aromatic heterocycles. The Morgan fingerprint density at radius 1 is 1.05 bits per heavy atom. The van der Waals surface area contributed by atoms with Crippen molar-refractivity contribution in [3.8, 4) is 23.1 Å². The van der Waals surface area contributed by atoms with E-state index < -0.39 is 5.97 Å². The summed E-state index contributed by atoms with van der Waals surface area (Å²) in [5, 5.41) is 15.1. The third kappa shape index (κ3) is 5.21. The zero-order valence-electron chi connectivity index (χ0n) is 22.2. The molecule has 1 N–H and O–H groups in total. The first kappa shape index (κ1) is 26.8. The average Bonchev–Trinajstić information content (AvgIpc) is 3.44. The van der Waals surface area contributed by atoms with Crippen molar-refractivity contribution in [3.05, 3.63) is 123 Å². The number of furan rings is 1. The van der Waals surface area contributed by atoms with Crippen molar-refractivity contribution in [2.24, 2.45) is 5.10 Å². The van der Waals surface area contributed by atoms with Gasteiger partial charge in [0.05, 0.1) is 34.8 Å². The van der Waals surface area contributed by atoms with Crippen LogP contribution in [0.1, 0.15) is 21.5 Å². The van der Waals surface area contributed by atoms with Crippen LogP contribution >= 0.6 is 11.6 Å². The van der Waals surface area contributed by atoms with Crippen molar-refractivity contribution >= 4 is 45.7 Å². The van der Waals surface area contributed by atoms with Crippen molar-refractivity contribution in [1.29, 1.82) is 0 Å². The van der Waals surface area contributed by atoms with Gasteiger partial charge in [-0.2, -0.15) is 9.78 Å². The summed E-state index contributed by atoms with van der Waals surface area (Å²) in [5.41, 5.74) is 2.31. The molecule has 0 saturated carbocycles. The molecule has 0 amide bonds. The molecule has 0 bridgehead atoms. The van der Waals surface area contributed by atoms with Gasteiger partial charge in [0.1, 0.15) is 12.2 Å². The van der Waals surface area contributed by atoms with Crippen molar-refractivity contribution < 1.29 is 23.8 Å². The van der Waals surface area contributed by atoms with Gasteiger partial charge >= 0.3 is 5.97 Å². The largest absolute Gasteiger partial charge is 0.493 e. The quantitative estimate of drug-likeness (QED) is 0.201. The van der Waals surface area contributed by atoms with Crippen LogP contribution in [0.15, 0.2) is 105 Å². The number of fused-ring (bicyclic) bond motifs is 2. The summed E-state index contributed by atoms with van der Waals surface area (Å²) < 4.78 is 18.7. The lowest BCUT2D eigenvalue weighted by molar-refractivity contribution is 0.0697. The summed E-state index contributed by atoms with van der Waals surface area (Å²) >= 11 is 6.57. The monoisotopic (exact) mass is 579 g/mol. The molecular formula is C32H22ClN3O6. The predicted octanol–water partition coefficient (Wildman–Crippen LogP) is 6.63. The number of para-hydroxylation sites is 2. The first-order chi connectivity index (χ1) is 20.4. The van der Waals surface area contributed by atoms with Gasteiger partial charge in [-0.15, -0.1) is 0 Å². The Morgan fingerprint density at radius 2 is 1.81 bits per heavy atom. The van der Waals surface area contributed by atoms with Gasteiger partial charge in [0, 0.05) is 5.39 Å². The predicted molar refractivity (Wildman–Crippen MR) is 160 cm³/mol. The molecular weight excluding hydrogens is 558 g/mol. The molecule has 42 heavy (non-hydrogen) atoms. The number of methoxy groups -OCH3 is 1. The van der Waals surface area contributed by atoms with E-state index >= 15 is 0 Å². The smallest absolute Gasteiger partial charge is 0.335 e. The van der Waals surface area contributed by atoms with E-state index in [1.165, 1.54) is 30.1 Å². The average molecular weight is 580 g/mol. The molecule has 0 aliphatic carbocycles.